The van der Waals surface area contributed by atoms with Crippen LogP contribution in [0, 0.1) is 5.92 Å². The standard InChI is InChI=1S/C15H19ClN2O6/c1-8(15(21)22)6-18(2)14(20)9-4-10(16)13(11(5-9)23-3)24-7-12(17)19/h4-5,8H,6-7H2,1-3H3,(H2,17,19)(H,21,22). The largest absolute Gasteiger partial charge is 0.493 e. The van der Waals surface area contributed by atoms with Crippen LogP contribution in [0.4, 0.5) is 0 Å². The lowest BCUT2D eigenvalue weighted by molar-refractivity contribution is -0.141. The molecule has 0 saturated heterocycles. The predicted octanol–water partition coefficient (Wildman–Crippen LogP) is 1.01. The van der Waals surface area contributed by atoms with Crippen molar-refractivity contribution in [3.8, 4) is 11.5 Å². The molecule has 0 aliphatic rings. The van der Waals surface area contributed by atoms with Gasteiger partial charge in [0.05, 0.1) is 18.1 Å². The molecule has 1 unspecified atom stereocenters. The van der Waals surface area contributed by atoms with Crippen LogP contribution in [0.5, 0.6) is 11.5 Å². The van der Waals surface area contributed by atoms with E-state index in [0.717, 1.165) is 0 Å². The summed E-state index contributed by atoms with van der Waals surface area (Å²) in [5.41, 5.74) is 5.21. The van der Waals surface area contributed by atoms with Crippen molar-refractivity contribution in [1.82, 2.24) is 4.90 Å². The van der Waals surface area contributed by atoms with E-state index in [4.69, 9.17) is 31.9 Å². The average Bonchev–Trinajstić information content (AvgIpc) is 2.51. The minimum absolute atomic E-state index is 0.0357. The van der Waals surface area contributed by atoms with Crippen molar-refractivity contribution in [2.75, 3.05) is 27.3 Å². The third kappa shape index (κ3) is 5.02. The first-order valence-corrected chi connectivity index (χ1v) is 7.32. The molecule has 1 atom stereocenters. The lowest BCUT2D eigenvalue weighted by atomic mass is 10.1. The highest BCUT2D eigenvalue weighted by Crippen LogP contribution is 2.36. The van der Waals surface area contributed by atoms with Gasteiger partial charge >= 0.3 is 5.97 Å². The van der Waals surface area contributed by atoms with Crippen LogP contribution in [0.1, 0.15) is 17.3 Å². The first-order chi connectivity index (χ1) is 11.2. The minimum atomic E-state index is -1.000. The summed E-state index contributed by atoms with van der Waals surface area (Å²) in [6.07, 6.45) is 0. The number of benzene rings is 1. The Morgan fingerprint density at radius 2 is 2.00 bits per heavy atom. The highest BCUT2D eigenvalue weighted by atomic mass is 35.5. The molecule has 9 heteroatoms. The Morgan fingerprint density at radius 1 is 1.38 bits per heavy atom. The van der Waals surface area contributed by atoms with Gasteiger partial charge in [-0.3, -0.25) is 14.4 Å². The quantitative estimate of drug-likeness (QED) is 0.715. The number of carboxylic acid groups (broad SMARTS) is 1. The number of hydrogen-bond donors (Lipinski definition) is 2. The molecule has 0 radical (unpaired) electrons. The van der Waals surface area contributed by atoms with Crippen LogP contribution in [0.3, 0.4) is 0 Å². The maximum atomic E-state index is 12.4. The van der Waals surface area contributed by atoms with E-state index in [0.29, 0.717) is 0 Å². The molecule has 0 bridgehead atoms. The highest BCUT2D eigenvalue weighted by Gasteiger charge is 2.21. The van der Waals surface area contributed by atoms with E-state index < -0.39 is 23.7 Å². The number of halogens is 1. The molecule has 3 N–H and O–H groups in total. The van der Waals surface area contributed by atoms with Gasteiger partial charge in [0.15, 0.2) is 18.1 Å². The van der Waals surface area contributed by atoms with Gasteiger partial charge in [-0.2, -0.15) is 0 Å². The minimum Gasteiger partial charge on any atom is -0.493 e. The fourth-order valence-corrected chi connectivity index (χ4v) is 2.18. The Balaban J connectivity index is 3.04. The lowest BCUT2D eigenvalue weighted by Gasteiger charge is -2.20. The molecular formula is C15H19ClN2O6. The number of primary amides is 1. The Morgan fingerprint density at radius 3 is 2.50 bits per heavy atom. The van der Waals surface area contributed by atoms with Gasteiger partial charge in [-0.25, -0.2) is 0 Å². The summed E-state index contributed by atoms with van der Waals surface area (Å²) in [6.45, 7) is 1.15. The van der Waals surface area contributed by atoms with E-state index >= 15 is 0 Å². The van der Waals surface area contributed by atoms with Crippen molar-refractivity contribution in [2.24, 2.45) is 11.7 Å². The number of carboxylic acids is 1. The van der Waals surface area contributed by atoms with Gasteiger partial charge < -0.3 is 25.2 Å². The van der Waals surface area contributed by atoms with Crippen LogP contribution >= 0.6 is 11.6 Å². The smallest absolute Gasteiger partial charge is 0.308 e. The first-order valence-electron chi connectivity index (χ1n) is 6.94. The molecule has 0 fully saturated rings. The third-order valence-electron chi connectivity index (χ3n) is 3.15. The summed E-state index contributed by atoms with van der Waals surface area (Å²) in [5, 5.41) is 8.98. The van der Waals surface area contributed by atoms with Crippen molar-refractivity contribution in [1.29, 1.82) is 0 Å². The second-order valence-electron chi connectivity index (χ2n) is 5.17. The van der Waals surface area contributed by atoms with Crippen LogP contribution in [-0.2, 0) is 9.59 Å². The molecule has 0 saturated carbocycles. The molecule has 1 aromatic rings. The van der Waals surface area contributed by atoms with Gasteiger partial charge in [0.1, 0.15) is 0 Å². The SMILES string of the molecule is COc1cc(C(=O)N(C)CC(C)C(=O)O)cc(Cl)c1OCC(N)=O. The van der Waals surface area contributed by atoms with Crippen LogP contribution in [0.25, 0.3) is 0 Å². The summed E-state index contributed by atoms with van der Waals surface area (Å²) >= 11 is 6.08. The molecule has 1 aromatic carbocycles. The maximum Gasteiger partial charge on any atom is 0.308 e. The number of ether oxygens (including phenoxy) is 2. The molecule has 0 spiro atoms. The zero-order valence-electron chi connectivity index (χ0n) is 13.5. The van der Waals surface area contributed by atoms with Gasteiger partial charge in [-0.05, 0) is 12.1 Å². The van der Waals surface area contributed by atoms with Crippen LogP contribution in [-0.4, -0.2) is 55.1 Å². The summed E-state index contributed by atoms with van der Waals surface area (Å²) in [6, 6.07) is 2.75. The van der Waals surface area contributed by atoms with Crippen LogP contribution < -0.4 is 15.2 Å². The van der Waals surface area contributed by atoms with E-state index in [-0.39, 0.29) is 35.2 Å². The van der Waals surface area contributed by atoms with Crippen LogP contribution in [0.2, 0.25) is 5.02 Å². The van der Waals surface area contributed by atoms with Crippen molar-refractivity contribution in [2.45, 2.75) is 6.92 Å². The average molecular weight is 359 g/mol. The number of amides is 2. The monoisotopic (exact) mass is 358 g/mol. The fourth-order valence-electron chi connectivity index (χ4n) is 1.92. The van der Waals surface area contributed by atoms with Crippen molar-refractivity contribution >= 4 is 29.4 Å². The molecule has 2 amide bonds. The van der Waals surface area contributed by atoms with Crippen LogP contribution in [0.15, 0.2) is 12.1 Å². The molecule has 0 aliphatic heterocycles. The molecule has 132 valence electrons. The van der Waals surface area contributed by atoms with E-state index in [1.54, 1.807) is 0 Å². The van der Waals surface area contributed by atoms with Crippen molar-refractivity contribution in [3.05, 3.63) is 22.7 Å². The number of aliphatic carboxylic acids is 1. The van der Waals surface area contributed by atoms with Gasteiger partial charge in [-0.15, -0.1) is 0 Å². The molecule has 0 heterocycles. The molecule has 0 aliphatic carbocycles. The molecule has 24 heavy (non-hydrogen) atoms. The van der Waals surface area contributed by atoms with Gasteiger partial charge in [0.25, 0.3) is 11.8 Å². The summed E-state index contributed by atoms with van der Waals surface area (Å²) in [4.78, 5) is 35.4. The van der Waals surface area contributed by atoms with E-state index in [1.807, 2.05) is 0 Å². The zero-order chi connectivity index (χ0) is 18.4. The Hall–Kier alpha value is -2.48. The number of carbonyl (C=O) groups excluding carboxylic acids is 2. The maximum absolute atomic E-state index is 12.4. The molecule has 0 aromatic heterocycles. The third-order valence-corrected chi connectivity index (χ3v) is 3.43. The van der Waals surface area contributed by atoms with E-state index in [9.17, 15) is 14.4 Å². The topological polar surface area (TPSA) is 119 Å². The molecular weight excluding hydrogens is 340 g/mol. The Kier molecular flexibility index (Phi) is 6.84. The van der Waals surface area contributed by atoms with E-state index in [2.05, 4.69) is 0 Å². The van der Waals surface area contributed by atoms with Gasteiger partial charge in [0.2, 0.25) is 0 Å². The number of carbonyl (C=O) groups is 3. The number of nitrogens with zero attached hydrogens (tertiary/aromatic N) is 1. The Labute approximate surface area is 144 Å². The van der Waals surface area contributed by atoms with Gasteiger partial charge in [-0.1, -0.05) is 18.5 Å². The van der Waals surface area contributed by atoms with E-state index in [1.165, 1.54) is 38.1 Å². The van der Waals surface area contributed by atoms with Crippen molar-refractivity contribution < 1.29 is 29.0 Å². The second-order valence-corrected chi connectivity index (χ2v) is 5.58. The number of rotatable bonds is 8. The highest BCUT2D eigenvalue weighted by molar-refractivity contribution is 6.32. The Bertz CT molecular complexity index is 649. The number of nitrogens with two attached hydrogens (primary N) is 1. The molecule has 1 rings (SSSR count). The second kappa shape index (κ2) is 8.39. The summed E-state index contributed by atoms with van der Waals surface area (Å²) < 4.78 is 10.3. The van der Waals surface area contributed by atoms with Gasteiger partial charge in [0, 0.05) is 19.2 Å². The predicted molar refractivity (Wildman–Crippen MR) is 86.5 cm³/mol. The first kappa shape index (κ1) is 19.6. The lowest BCUT2D eigenvalue weighted by Crippen LogP contribution is -2.33. The van der Waals surface area contributed by atoms with Crippen molar-refractivity contribution in [3.63, 3.8) is 0 Å². The summed E-state index contributed by atoms with van der Waals surface area (Å²) in [5.74, 6) is -2.57. The number of methoxy groups -OCH3 is 1. The number of hydrogen-bond acceptors (Lipinski definition) is 5. The normalized spacial score (nSPS) is 11.5. The summed E-state index contributed by atoms with van der Waals surface area (Å²) in [7, 11) is 2.84. The molecule has 8 nitrogen and oxygen atoms in total. The zero-order valence-corrected chi connectivity index (χ0v) is 14.3. The fraction of sp³-hybridized carbons (Fsp3) is 0.400.